The number of amides is 1. The molecule has 0 fully saturated rings. The molecule has 0 radical (unpaired) electrons. The summed E-state index contributed by atoms with van der Waals surface area (Å²) in [6.07, 6.45) is 0. The maximum atomic E-state index is 12.4. The number of nitro benzene ring substituents is 1. The Morgan fingerprint density at radius 2 is 1.80 bits per heavy atom. The van der Waals surface area contributed by atoms with Gasteiger partial charge in [0.15, 0.2) is 0 Å². The van der Waals surface area contributed by atoms with E-state index in [9.17, 15) is 23.3 Å². The topological polar surface area (TPSA) is 134 Å². The Hall–Kier alpha value is -3.18. The van der Waals surface area contributed by atoms with Crippen molar-refractivity contribution >= 4 is 38.7 Å². The quantitative estimate of drug-likeness (QED) is 0.407. The Balaban J connectivity index is 2.18. The molecule has 2 aromatic rings. The van der Waals surface area contributed by atoms with E-state index in [1.807, 2.05) is 6.92 Å². The number of nitro groups is 1. The van der Waals surface area contributed by atoms with Gasteiger partial charge in [0.25, 0.3) is 5.69 Å². The van der Waals surface area contributed by atoms with Crippen LogP contribution in [0.1, 0.15) is 12.5 Å². The zero-order valence-corrected chi connectivity index (χ0v) is 18.0. The number of anilines is 3. The van der Waals surface area contributed by atoms with Crippen LogP contribution in [-0.4, -0.2) is 50.7 Å². The standard InChI is InChI=1S/C19H25N5O5S/c1-5-20-16-9-8-15(30(28,29)23(3)4)11-17(16)21-12-19(25)22-14-7-6-13(2)18(10-14)24(26)27/h6-11,20-21H,5,12H2,1-4H3,(H,22,25). The summed E-state index contributed by atoms with van der Waals surface area (Å²) in [6.45, 7) is 3.95. The van der Waals surface area contributed by atoms with Gasteiger partial charge in [-0.05, 0) is 38.1 Å². The summed E-state index contributed by atoms with van der Waals surface area (Å²) in [7, 11) is -0.755. The van der Waals surface area contributed by atoms with Gasteiger partial charge in [0.05, 0.1) is 27.7 Å². The summed E-state index contributed by atoms with van der Waals surface area (Å²) in [6, 6.07) is 9.00. The van der Waals surface area contributed by atoms with Crippen molar-refractivity contribution in [1.29, 1.82) is 0 Å². The van der Waals surface area contributed by atoms with Crippen molar-refractivity contribution in [3.8, 4) is 0 Å². The Morgan fingerprint density at radius 1 is 1.10 bits per heavy atom. The summed E-state index contributed by atoms with van der Waals surface area (Å²) < 4.78 is 25.9. The normalized spacial score (nSPS) is 11.2. The number of hydrogen-bond donors (Lipinski definition) is 3. The van der Waals surface area contributed by atoms with Gasteiger partial charge < -0.3 is 16.0 Å². The molecule has 0 saturated heterocycles. The highest BCUT2D eigenvalue weighted by Gasteiger charge is 2.19. The van der Waals surface area contributed by atoms with E-state index in [0.717, 1.165) is 4.31 Å². The number of carbonyl (C=O) groups excluding carboxylic acids is 1. The third-order valence-corrected chi connectivity index (χ3v) is 6.08. The van der Waals surface area contributed by atoms with E-state index in [-0.39, 0.29) is 17.1 Å². The van der Waals surface area contributed by atoms with Gasteiger partial charge in [-0.3, -0.25) is 14.9 Å². The largest absolute Gasteiger partial charge is 0.384 e. The number of aryl methyl sites for hydroxylation is 1. The van der Waals surface area contributed by atoms with E-state index in [1.54, 1.807) is 25.1 Å². The van der Waals surface area contributed by atoms with Gasteiger partial charge in [0.2, 0.25) is 15.9 Å². The fraction of sp³-hybridized carbons (Fsp3) is 0.316. The number of nitrogens with zero attached hydrogens (tertiary/aromatic N) is 2. The number of carbonyl (C=O) groups is 1. The van der Waals surface area contributed by atoms with Crippen LogP contribution in [-0.2, 0) is 14.8 Å². The van der Waals surface area contributed by atoms with Gasteiger partial charge in [-0.25, -0.2) is 12.7 Å². The van der Waals surface area contributed by atoms with Crippen molar-refractivity contribution in [2.75, 3.05) is 43.1 Å². The molecule has 0 atom stereocenters. The second kappa shape index (κ2) is 9.55. The van der Waals surface area contributed by atoms with Crippen molar-refractivity contribution in [2.24, 2.45) is 0 Å². The lowest BCUT2D eigenvalue weighted by Gasteiger charge is -2.17. The minimum atomic E-state index is -3.63. The van der Waals surface area contributed by atoms with E-state index in [0.29, 0.717) is 29.2 Å². The summed E-state index contributed by atoms with van der Waals surface area (Å²) in [5.41, 5.74) is 1.80. The van der Waals surface area contributed by atoms with Gasteiger partial charge in [0, 0.05) is 38.0 Å². The van der Waals surface area contributed by atoms with E-state index < -0.39 is 20.9 Å². The molecular weight excluding hydrogens is 410 g/mol. The first-order valence-electron chi connectivity index (χ1n) is 9.15. The molecule has 0 saturated carbocycles. The maximum absolute atomic E-state index is 12.4. The molecule has 30 heavy (non-hydrogen) atoms. The fourth-order valence-electron chi connectivity index (χ4n) is 2.65. The predicted octanol–water partition coefficient (Wildman–Crippen LogP) is 2.64. The zero-order chi connectivity index (χ0) is 22.5. The highest BCUT2D eigenvalue weighted by molar-refractivity contribution is 7.89. The van der Waals surface area contributed by atoms with Crippen LogP contribution in [0.2, 0.25) is 0 Å². The van der Waals surface area contributed by atoms with Gasteiger partial charge in [0.1, 0.15) is 0 Å². The van der Waals surface area contributed by atoms with Crippen LogP contribution in [0.4, 0.5) is 22.7 Å². The van der Waals surface area contributed by atoms with E-state index in [4.69, 9.17) is 0 Å². The Labute approximate surface area is 175 Å². The smallest absolute Gasteiger partial charge is 0.274 e. The minimum Gasteiger partial charge on any atom is -0.384 e. The number of benzene rings is 2. The van der Waals surface area contributed by atoms with Crippen LogP contribution >= 0.6 is 0 Å². The molecule has 0 heterocycles. The molecule has 11 heteroatoms. The summed E-state index contributed by atoms with van der Waals surface area (Å²) in [5.74, 6) is -0.434. The van der Waals surface area contributed by atoms with Crippen LogP contribution < -0.4 is 16.0 Å². The molecule has 0 aliphatic carbocycles. The van der Waals surface area contributed by atoms with Crippen molar-refractivity contribution < 1.29 is 18.1 Å². The van der Waals surface area contributed by atoms with E-state index in [1.165, 1.54) is 32.3 Å². The van der Waals surface area contributed by atoms with Gasteiger partial charge in [-0.2, -0.15) is 0 Å². The van der Waals surface area contributed by atoms with Gasteiger partial charge in [-0.15, -0.1) is 0 Å². The van der Waals surface area contributed by atoms with Gasteiger partial charge in [-0.1, -0.05) is 6.07 Å². The van der Waals surface area contributed by atoms with Crippen LogP contribution in [0.25, 0.3) is 0 Å². The summed E-state index contributed by atoms with van der Waals surface area (Å²) in [4.78, 5) is 22.9. The highest BCUT2D eigenvalue weighted by Crippen LogP contribution is 2.27. The number of nitrogens with one attached hydrogen (secondary N) is 3. The van der Waals surface area contributed by atoms with Crippen molar-refractivity contribution in [2.45, 2.75) is 18.7 Å². The molecule has 0 aliphatic rings. The van der Waals surface area contributed by atoms with Crippen molar-refractivity contribution in [1.82, 2.24) is 4.31 Å². The molecule has 3 N–H and O–H groups in total. The number of hydrogen-bond acceptors (Lipinski definition) is 7. The molecule has 0 spiro atoms. The SMILES string of the molecule is CCNc1ccc(S(=O)(=O)N(C)C)cc1NCC(=O)Nc1ccc(C)c([N+](=O)[O-])c1. The lowest BCUT2D eigenvalue weighted by molar-refractivity contribution is -0.385. The minimum absolute atomic E-state index is 0.0863. The third-order valence-electron chi connectivity index (χ3n) is 4.27. The molecular formula is C19H25N5O5S. The Bertz CT molecular complexity index is 1050. The van der Waals surface area contributed by atoms with Crippen LogP contribution in [0, 0.1) is 17.0 Å². The first-order valence-corrected chi connectivity index (χ1v) is 10.6. The Morgan fingerprint density at radius 3 is 2.40 bits per heavy atom. The van der Waals surface area contributed by atoms with Crippen LogP contribution in [0.15, 0.2) is 41.3 Å². The molecule has 0 aliphatic heterocycles. The molecule has 10 nitrogen and oxygen atoms in total. The maximum Gasteiger partial charge on any atom is 0.274 e. The second-order valence-corrected chi connectivity index (χ2v) is 8.84. The van der Waals surface area contributed by atoms with E-state index in [2.05, 4.69) is 16.0 Å². The first-order chi connectivity index (χ1) is 14.1. The average Bonchev–Trinajstić information content (AvgIpc) is 2.68. The fourth-order valence-corrected chi connectivity index (χ4v) is 3.58. The van der Waals surface area contributed by atoms with Crippen molar-refractivity contribution in [3.05, 3.63) is 52.1 Å². The summed E-state index contributed by atoms with van der Waals surface area (Å²) >= 11 is 0. The molecule has 162 valence electrons. The monoisotopic (exact) mass is 435 g/mol. The first kappa shape index (κ1) is 23.1. The molecule has 0 bridgehead atoms. The Kier molecular flexibility index (Phi) is 7.35. The third kappa shape index (κ3) is 5.45. The molecule has 2 rings (SSSR count). The van der Waals surface area contributed by atoms with Crippen molar-refractivity contribution in [3.63, 3.8) is 0 Å². The lowest BCUT2D eigenvalue weighted by atomic mass is 10.2. The van der Waals surface area contributed by atoms with Gasteiger partial charge >= 0.3 is 0 Å². The number of rotatable bonds is 9. The molecule has 2 aromatic carbocycles. The second-order valence-electron chi connectivity index (χ2n) is 6.69. The molecule has 1 amide bonds. The molecule has 0 aromatic heterocycles. The predicted molar refractivity (Wildman–Crippen MR) is 116 cm³/mol. The van der Waals surface area contributed by atoms with Crippen LogP contribution in [0.5, 0.6) is 0 Å². The van der Waals surface area contributed by atoms with E-state index >= 15 is 0 Å². The average molecular weight is 436 g/mol. The van der Waals surface area contributed by atoms with Crippen LogP contribution in [0.3, 0.4) is 0 Å². The summed E-state index contributed by atoms with van der Waals surface area (Å²) in [5, 5.41) is 19.7. The number of sulfonamides is 1. The molecule has 0 unspecified atom stereocenters. The lowest BCUT2D eigenvalue weighted by Crippen LogP contribution is -2.24. The zero-order valence-electron chi connectivity index (χ0n) is 17.2. The highest BCUT2D eigenvalue weighted by atomic mass is 32.2.